The zero-order valence-electron chi connectivity index (χ0n) is 13.4. The molecule has 1 aromatic heterocycles. The molecule has 132 valence electrons. The van der Waals surface area contributed by atoms with Gasteiger partial charge >= 0.3 is 6.18 Å². The molecule has 0 spiro atoms. The third kappa shape index (κ3) is 3.38. The molecule has 1 fully saturated rings. The lowest BCUT2D eigenvalue weighted by atomic mass is 9.84. The van der Waals surface area contributed by atoms with Crippen molar-refractivity contribution < 1.29 is 23.1 Å². The summed E-state index contributed by atoms with van der Waals surface area (Å²) in [4.78, 5) is 22.0. The zero-order chi connectivity index (χ0) is 17.5. The fourth-order valence-corrected chi connectivity index (χ4v) is 3.38. The highest BCUT2D eigenvalue weighted by atomic mass is 19.4. The van der Waals surface area contributed by atoms with E-state index >= 15 is 0 Å². The Morgan fingerprint density at radius 1 is 1.29 bits per heavy atom. The monoisotopic (exact) mass is 343 g/mol. The Balaban J connectivity index is 1.87. The average molecular weight is 343 g/mol. The van der Waals surface area contributed by atoms with Gasteiger partial charge in [0, 0.05) is 29.8 Å². The normalized spacial score (nSPS) is 20.6. The molecule has 1 heterocycles. The molecular formula is C16H20F3N3O2. The van der Waals surface area contributed by atoms with E-state index in [0.717, 1.165) is 12.8 Å². The van der Waals surface area contributed by atoms with E-state index in [4.69, 9.17) is 5.11 Å². The van der Waals surface area contributed by atoms with Gasteiger partial charge in [0.25, 0.3) is 0 Å². The van der Waals surface area contributed by atoms with Crippen molar-refractivity contribution in [3.63, 3.8) is 0 Å². The standard InChI is InChI=1S/C16H20F3N3O2/c1-9-20-13-5-2-10(8-12(13)14(21-9)16(17,18)19)15(24)22(6-7-23)11-3-4-11/h10-11,23H,2-8H2,1H3. The van der Waals surface area contributed by atoms with Gasteiger partial charge in [-0.25, -0.2) is 9.97 Å². The molecule has 0 bridgehead atoms. The zero-order valence-corrected chi connectivity index (χ0v) is 13.4. The Morgan fingerprint density at radius 2 is 2.00 bits per heavy atom. The molecule has 8 heteroatoms. The van der Waals surface area contributed by atoms with Crippen LogP contribution in [0.25, 0.3) is 0 Å². The number of carbonyl (C=O) groups excluding carboxylic acids is 1. The number of hydrogen-bond acceptors (Lipinski definition) is 4. The largest absolute Gasteiger partial charge is 0.433 e. The maximum Gasteiger partial charge on any atom is 0.433 e. The molecule has 1 amide bonds. The van der Waals surface area contributed by atoms with E-state index < -0.39 is 17.8 Å². The molecule has 1 atom stereocenters. The summed E-state index contributed by atoms with van der Waals surface area (Å²) < 4.78 is 39.8. The van der Waals surface area contributed by atoms with Crippen molar-refractivity contribution in [3.05, 3.63) is 22.8 Å². The van der Waals surface area contributed by atoms with E-state index in [2.05, 4.69) is 9.97 Å². The van der Waals surface area contributed by atoms with Gasteiger partial charge in [-0.05, 0) is 39.0 Å². The van der Waals surface area contributed by atoms with Crippen molar-refractivity contribution in [3.8, 4) is 0 Å². The van der Waals surface area contributed by atoms with Gasteiger partial charge in [-0.15, -0.1) is 0 Å². The first-order chi connectivity index (χ1) is 11.3. The molecule has 0 saturated heterocycles. The van der Waals surface area contributed by atoms with E-state index in [0.29, 0.717) is 18.5 Å². The quantitative estimate of drug-likeness (QED) is 0.907. The number of alkyl halides is 3. The first kappa shape index (κ1) is 17.1. The number of fused-ring (bicyclic) bond motifs is 1. The number of rotatable bonds is 4. The predicted molar refractivity (Wildman–Crippen MR) is 79.1 cm³/mol. The van der Waals surface area contributed by atoms with Gasteiger partial charge in [0.15, 0.2) is 5.69 Å². The molecule has 2 aliphatic carbocycles. The van der Waals surface area contributed by atoms with Crippen LogP contribution in [0.3, 0.4) is 0 Å². The summed E-state index contributed by atoms with van der Waals surface area (Å²) in [5.41, 5.74) is -0.459. The van der Waals surface area contributed by atoms with Gasteiger partial charge in [0.05, 0.1) is 6.61 Å². The fourth-order valence-electron chi connectivity index (χ4n) is 3.38. The summed E-state index contributed by atoms with van der Waals surface area (Å²) in [6.45, 7) is 1.55. The summed E-state index contributed by atoms with van der Waals surface area (Å²) in [5.74, 6) is -0.561. The summed E-state index contributed by atoms with van der Waals surface area (Å²) in [6.07, 6.45) is -1.93. The number of aromatic nitrogens is 2. The summed E-state index contributed by atoms with van der Waals surface area (Å²) in [6, 6.07) is 0.127. The number of amides is 1. The number of carbonyl (C=O) groups is 1. The number of aliphatic hydroxyl groups is 1. The molecule has 2 aliphatic rings. The Labute approximate surface area is 137 Å². The molecule has 0 aromatic carbocycles. The fraction of sp³-hybridized carbons (Fsp3) is 0.688. The molecule has 1 unspecified atom stereocenters. The van der Waals surface area contributed by atoms with E-state index in [1.165, 1.54) is 6.92 Å². The van der Waals surface area contributed by atoms with Gasteiger partial charge in [-0.3, -0.25) is 4.79 Å². The molecule has 1 aromatic rings. The van der Waals surface area contributed by atoms with Crippen molar-refractivity contribution in [1.29, 1.82) is 0 Å². The van der Waals surface area contributed by atoms with Crippen molar-refractivity contribution in [2.75, 3.05) is 13.2 Å². The third-order valence-corrected chi connectivity index (χ3v) is 4.61. The third-order valence-electron chi connectivity index (χ3n) is 4.61. The number of aryl methyl sites for hydroxylation is 2. The summed E-state index contributed by atoms with van der Waals surface area (Å²) >= 11 is 0. The molecule has 1 saturated carbocycles. The molecule has 24 heavy (non-hydrogen) atoms. The summed E-state index contributed by atoms with van der Waals surface area (Å²) in [7, 11) is 0. The molecule has 0 aliphatic heterocycles. The number of aliphatic hydroxyl groups excluding tert-OH is 1. The van der Waals surface area contributed by atoms with Gasteiger partial charge in [-0.2, -0.15) is 13.2 Å². The van der Waals surface area contributed by atoms with Crippen LogP contribution < -0.4 is 0 Å². The highest BCUT2D eigenvalue weighted by molar-refractivity contribution is 5.80. The molecular weight excluding hydrogens is 323 g/mol. The van der Waals surface area contributed by atoms with Crippen LogP contribution in [0.5, 0.6) is 0 Å². The predicted octanol–water partition coefficient (Wildman–Crippen LogP) is 1.89. The van der Waals surface area contributed by atoms with Gasteiger partial charge in [0.1, 0.15) is 5.82 Å². The SMILES string of the molecule is Cc1nc2c(c(C(F)(F)F)n1)CC(C(=O)N(CCO)C1CC1)CC2. The van der Waals surface area contributed by atoms with Crippen LogP contribution in [0, 0.1) is 12.8 Å². The molecule has 1 N–H and O–H groups in total. The van der Waals surface area contributed by atoms with Crippen LogP contribution in [-0.4, -0.2) is 45.1 Å². The lowest BCUT2D eigenvalue weighted by Crippen LogP contribution is -2.42. The molecule has 0 radical (unpaired) electrons. The Hall–Kier alpha value is -1.70. The second kappa shape index (κ2) is 6.31. The molecule has 3 rings (SSSR count). The van der Waals surface area contributed by atoms with Crippen molar-refractivity contribution in [2.24, 2.45) is 5.92 Å². The van der Waals surface area contributed by atoms with Crippen molar-refractivity contribution in [1.82, 2.24) is 14.9 Å². The highest BCUT2D eigenvalue weighted by Gasteiger charge is 2.42. The van der Waals surface area contributed by atoms with Crippen LogP contribution in [0.2, 0.25) is 0 Å². The van der Waals surface area contributed by atoms with Crippen LogP contribution >= 0.6 is 0 Å². The second-order valence-electron chi connectivity index (χ2n) is 6.47. The number of halogens is 3. The highest BCUT2D eigenvalue weighted by Crippen LogP contribution is 2.37. The second-order valence-corrected chi connectivity index (χ2v) is 6.47. The van der Waals surface area contributed by atoms with E-state index in [1.54, 1.807) is 4.90 Å². The smallest absolute Gasteiger partial charge is 0.395 e. The maximum atomic E-state index is 13.3. The van der Waals surface area contributed by atoms with Crippen LogP contribution in [0.1, 0.15) is 42.0 Å². The lowest BCUT2D eigenvalue weighted by Gasteiger charge is -2.30. The lowest BCUT2D eigenvalue weighted by molar-refractivity contribution is -0.143. The van der Waals surface area contributed by atoms with Gasteiger partial charge in [0.2, 0.25) is 5.91 Å². The minimum atomic E-state index is -4.55. The van der Waals surface area contributed by atoms with E-state index in [9.17, 15) is 18.0 Å². The van der Waals surface area contributed by atoms with Crippen molar-refractivity contribution in [2.45, 2.75) is 51.2 Å². The Morgan fingerprint density at radius 3 is 2.58 bits per heavy atom. The first-order valence-electron chi connectivity index (χ1n) is 8.16. The van der Waals surface area contributed by atoms with Crippen LogP contribution in [0.4, 0.5) is 13.2 Å². The van der Waals surface area contributed by atoms with Crippen LogP contribution in [0.15, 0.2) is 0 Å². The first-order valence-corrected chi connectivity index (χ1v) is 8.16. The van der Waals surface area contributed by atoms with Crippen LogP contribution in [-0.2, 0) is 23.8 Å². The van der Waals surface area contributed by atoms with E-state index in [-0.39, 0.29) is 42.9 Å². The topological polar surface area (TPSA) is 66.3 Å². The number of nitrogens with zero attached hydrogens (tertiary/aromatic N) is 3. The Bertz CT molecular complexity index is 644. The minimum absolute atomic E-state index is 0.0118. The van der Waals surface area contributed by atoms with E-state index in [1.807, 2.05) is 0 Å². The Kier molecular flexibility index (Phi) is 4.50. The number of hydrogen-bond donors (Lipinski definition) is 1. The van der Waals surface area contributed by atoms with Gasteiger partial charge < -0.3 is 10.0 Å². The minimum Gasteiger partial charge on any atom is -0.395 e. The van der Waals surface area contributed by atoms with Gasteiger partial charge in [-0.1, -0.05) is 0 Å². The summed E-state index contributed by atoms with van der Waals surface area (Å²) in [5, 5.41) is 9.14. The average Bonchev–Trinajstić information content (AvgIpc) is 3.34. The molecule has 5 nitrogen and oxygen atoms in total. The maximum absolute atomic E-state index is 13.3. The van der Waals surface area contributed by atoms with Crippen molar-refractivity contribution >= 4 is 5.91 Å².